The first-order valence-corrected chi connectivity index (χ1v) is 6.19. The molecule has 2 N–H and O–H groups in total. The summed E-state index contributed by atoms with van der Waals surface area (Å²) in [4.78, 5) is 11.7. The molecule has 0 bridgehead atoms. The maximum Gasteiger partial charge on any atom is 0.336 e. The Hall–Kier alpha value is -0.520. The van der Waals surface area contributed by atoms with Gasteiger partial charge in [-0.3, -0.25) is 0 Å². The normalized spacial score (nSPS) is 10.3. The first-order chi connectivity index (χ1) is 7.15. The van der Waals surface area contributed by atoms with E-state index in [1.165, 1.54) is 0 Å². The molecule has 0 saturated heterocycles. The minimum atomic E-state index is -0.936. The zero-order valence-electron chi connectivity index (χ0n) is 7.94. The summed E-state index contributed by atoms with van der Waals surface area (Å²) in [6.07, 6.45) is 0.739. The molecular weight excluding hydrogens is 280 g/mol. The molecule has 0 saturated carbocycles. The van der Waals surface area contributed by atoms with Crippen molar-refractivity contribution in [2.45, 2.75) is 11.3 Å². The number of thioether (sulfide) groups is 1. The molecule has 15 heavy (non-hydrogen) atoms. The van der Waals surface area contributed by atoms with Crippen molar-refractivity contribution < 1.29 is 15.0 Å². The summed E-state index contributed by atoms with van der Waals surface area (Å²) in [6, 6.07) is 5.13. The monoisotopic (exact) mass is 290 g/mol. The Kier molecular flexibility index (Phi) is 5.14. The van der Waals surface area contributed by atoms with Gasteiger partial charge in [0.05, 0.1) is 5.56 Å². The molecule has 82 valence electrons. The van der Waals surface area contributed by atoms with Crippen LogP contribution >= 0.6 is 27.7 Å². The van der Waals surface area contributed by atoms with Gasteiger partial charge in [0.2, 0.25) is 0 Å². The Bertz CT molecular complexity index is 355. The summed E-state index contributed by atoms with van der Waals surface area (Å²) in [6.45, 7) is 0.182. The van der Waals surface area contributed by atoms with E-state index in [2.05, 4.69) is 15.9 Å². The highest BCUT2D eigenvalue weighted by Crippen LogP contribution is 2.25. The van der Waals surface area contributed by atoms with Gasteiger partial charge in [-0.15, -0.1) is 11.8 Å². The fourth-order valence-electron chi connectivity index (χ4n) is 1.01. The summed E-state index contributed by atoms with van der Waals surface area (Å²) < 4.78 is 0.587. The number of hydrogen-bond donors (Lipinski definition) is 2. The van der Waals surface area contributed by atoms with Crippen LogP contribution < -0.4 is 0 Å². The highest BCUT2D eigenvalue weighted by atomic mass is 79.9. The zero-order chi connectivity index (χ0) is 11.3. The van der Waals surface area contributed by atoms with Crippen LogP contribution in [-0.4, -0.2) is 28.5 Å². The fraction of sp³-hybridized carbons (Fsp3) is 0.300. The molecule has 0 aliphatic carbocycles. The number of carboxylic acids is 1. The Morgan fingerprint density at radius 2 is 2.20 bits per heavy atom. The van der Waals surface area contributed by atoms with E-state index >= 15 is 0 Å². The van der Waals surface area contributed by atoms with Gasteiger partial charge in [0.15, 0.2) is 0 Å². The molecule has 0 aromatic heterocycles. The zero-order valence-corrected chi connectivity index (χ0v) is 10.3. The van der Waals surface area contributed by atoms with Crippen LogP contribution in [0.15, 0.2) is 27.6 Å². The first kappa shape index (κ1) is 12.5. The number of benzene rings is 1. The molecule has 5 heteroatoms. The van der Waals surface area contributed by atoms with Crippen LogP contribution in [0.1, 0.15) is 16.8 Å². The molecule has 0 spiro atoms. The van der Waals surface area contributed by atoms with Crippen molar-refractivity contribution in [1.82, 2.24) is 0 Å². The maximum atomic E-state index is 10.7. The van der Waals surface area contributed by atoms with Gasteiger partial charge in [-0.2, -0.15) is 0 Å². The highest BCUT2D eigenvalue weighted by Gasteiger charge is 2.08. The van der Waals surface area contributed by atoms with Gasteiger partial charge in [-0.1, -0.05) is 0 Å². The average molecular weight is 291 g/mol. The largest absolute Gasteiger partial charge is 0.478 e. The first-order valence-electron chi connectivity index (χ1n) is 4.41. The number of carbonyl (C=O) groups is 1. The summed E-state index contributed by atoms with van der Waals surface area (Å²) in [5, 5.41) is 17.4. The number of aromatic carboxylic acids is 1. The van der Waals surface area contributed by atoms with E-state index in [1.54, 1.807) is 30.0 Å². The standard InChI is InChI=1S/C10H11BrO3S/c11-9-6-7(15-5-1-4-12)2-3-8(9)10(13)14/h2-3,6,12H,1,4-5H2,(H,13,14). The quantitative estimate of drug-likeness (QED) is 0.647. The molecule has 1 aromatic carbocycles. The molecule has 0 heterocycles. The Morgan fingerprint density at radius 3 is 2.73 bits per heavy atom. The van der Waals surface area contributed by atoms with Crippen molar-refractivity contribution in [1.29, 1.82) is 0 Å². The highest BCUT2D eigenvalue weighted by molar-refractivity contribution is 9.10. The average Bonchev–Trinajstić information content (AvgIpc) is 2.17. The number of carboxylic acid groups (broad SMARTS) is 1. The molecule has 0 aliphatic rings. The summed E-state index contributed by atoms with van der Waals surface area (Å²) >= 11 is 4.81. The topological polar surface area (TPSA) is 57.5 Å². The predicted octanol–water partition coefficient (Wildman–Crippen LogP) is 2.62. The van der Waals surface area contributed by atoms with Crippen molar-refractivity contribution >= 4 is 33.7 Å². The van der Waals surface area contributed by atoms with E-state index in [0.717, 1.165) is 17.1 Å². The summed E-state index contributed by atoms with van der Waals surface area (Å²) in [5.41, 5.74) is 0.265. The Labute approximate surface area is 101 Å². The van der Waals surface area contributed by atoms with Crippen molar-refractivity contribution in [3.63, 3.8) is 0 Å². The smallest absolute Gasteiger partial charge is 0.336 e. The molecule has 0 radical (unpaired) electrons. The van der Waals surface area contributed by atoms with Crippen LogP contribution in [0, 0.1) is 0 Å². The Morgan fingerprint density at radius 1 is 1.47 bits per heavy atom. The second-order valence-electron chi connectivity index (χ2n) is 2.87. The van der Waals surface area contributed by atoms with Gasteiger partial charge in [0.25, 0.3) is 0 Å². The van der Waals surface area contributed by atoms with Gasteiger partial charge >= 0.3 is 5.97 Å². The van der Waals surface area contributed by atoms with Gasteiger partial charge in [0.1, 0.15) is 0 Å². The third kappa shape index (κ3) is 3.85. The van der Waals surface area contributed by atoms with Crippen LogP contribution in [0.2, 0.25) is 0 Å². The van der Waals surface area contributed by atoms with Crippen LogP contribution in [0.25, 0.3) is 0 Å². The fourth-order valence-corrected chi connectivity index (χ4v) is 2.59. The lowest BCUT2D eigenvalue weighted by atomic mass is 10.2. The third-order valence-corrected chi connectivity index (χ3v) is 3.48. The third-order valence-electron chi connectivity index (χ3n) is 1.74. The lowest BCUT2D eigenvalue weighted by molar-refractivity contribution is 0.0696. The van der Waals surface area contributed by atoms with Crippen LogP contribution in [0.5, 0.6) is 0 Å². The van der Waals surface area contributed by atoms with Gasteiger partial charge in [0, 0.05) is 21.7 Å². The Balaban J connectivity index is 2.69. The molecular formula is C10H11BrO3S. The molecule has 0 atom stereocenters. The van der Waals surface area contributed by atoms with Crippen molar-refractivity contribution in [2.24, 2.45) is 0 Å². The minimum Gasteiger partial charge on any atom is -0.478 e. The predicted molar refractivity (Wildman–Crippen MR) is 63.5 cm³/mol. The van der Waals surface area contributed by atoms with Crippen molar-refractivity contribution in [3.05, 3.63) is 28.2 Å². The molecule has 0 unspecified atom stereocenters. The number of aliphatic hydroxyl groups is 1. The maximum absolute atomic E-state index is 10.7. The summed E-state index contributed by atoms with van der Waals surface area (Å²) in [7, 11) is 0. The van der Waals surface area contributed by atoms with Crippen molar-refractivity contribution in [2.75, 3.05) is 12.4 Å². The second kappa shape index (κ2) is 6.15. The van der Waals surface area contributed by atoms with E-state index in [0.29, 0.717) is 4.47 Å². The molecule has 3 nitrogen and oxygen atoms in total. The van der Waals surface area contributed by atoms with E-state index in [-0.39, 0.29) is 12.2 Å². The number of halogens is 1. The van der Waals surface area contributed by atoms with E-state index in [4.69, 9.17) is 10.2 Å². The molecule has 0 fully saturated rings. The van der Waals surface area contributed by atoms with Crippen LogP contribution in [0.3, 0.4) is 0 Å². The number of aliphatic hydroxyl groups excluding tert-OH is 1. The number of hydrogen-bond acceptors (Lipinski definition) is 3. The van der Waals surface area contributed by atoms with Gasteiger partial charge < -0.3 is 10.2 Å². The second-order valence-corrected chi connectivity index (χ2v) is 4.90. The van der Waals surface area contributed by atoms with Gasteiger partial charge in [-0.25, -0.2) is 4.79 Å². The van der Waals surface area contributed by atoms with E-state index in [1.807, 2.05) is 0 Å². The SMILES string of the molecule is O=C(O)c1ccc(SCCCO)cc1Br. The lowest BCUT2D eigenvalue weighted by Gasteiger charge is -2.03. The molecule has 1 rings (SSSR count). The van der Waals surface area contributed by atoms with E-state index in [9.17, 15) is 4.79 Å². The van der Waals surface area contributed by atoms with Crippen molar-refractivity contribution in [3.8, 4) is 0 Å². The lowest BCUT2D eigenvalue weighted by Crippen LogP contribution is -1.97. The van der Waals surface area contributed by atoms with Gasteiger partial charge in [-0.05, 0) is 40.5 Å². The van der Waals surface area contributed by atoms with Crippen LogP contribution in [-0.2, 0) is 0 Å². The molecule has 0 amide bonds. The molecule has 0 aliphatic heterocycles. The van der Waals surface area contributed by atoms with Crippen LogP contribution in [0.4, 0.5) is 0 Å². The minimum absolute atomic E-state index is 0.182. The summed E-state index contributed by atoms with van der Waals surface area (Å²) in [5.74, 6) is -0.108. The van der Waals surface area contributed by atoms with E-state index < -0.39 is 5.97 Å². The molecule has 1 aromatic rings. The number of rotatable bonds is 5.